The summed E-state index contributed by atoms with van der Waals surface area (Å²) in [6, 6.07) is 0. The third-order valence-corrected chi connectivity index (χ3v) is 3.55. The van der Waals surface area contributed by atoms with Gasteiger partial charge in [0.15, 0.2) is 0 Å². The molecule has 1 fully saturated rings. The van der Waals surface area contributed by atoms with Crippen molar-refractivity contribution in [2.45, 2.75) is 52.2 Å². The summed E-state index contributed by atoms with van der Waals surface area (Å²) in [5.74, 6) is -1.14. The van der Waals surface area contributed by atoms with Gasteiger partial charge < -0.3 is 9.47 Å². The van der Waals surface area contributed by atoms with Gasteiger partial charge in [-0.25, -0.2) is 9.59 Å². The second-order valence-electron chi connectivity index (χ2n) is 6.14. The van der Waals surface area contributed by atoms with E-state index in [1.807, 2.05) is 0 Å². The van der Waals surface area contributed by atoms with E-state index in [1.54, 1.807) is 34.6 Å². The van der Waals surface area contributed by atoms with Crippen LogP contribution in [0.15, 0.2) is 0 Å². The summed E-state index contributed by atoms with van der Waals surface area (Å²) in [5.41, 5.74) is -1.96. The number of halogens is 1. The van der Waals surface area contributed by atoms with Crippen LogP contribution < -0.4 is 0 Å². The minimum atomic E-state index is -1.30. The number of likely N-dealkylation sites (tertiary alicyclic amines) is 1. The highest BCUT2D eigenvalue weighted by Crippen LogP contribution is 2.37. The number of amides is 1. The quantitative estimate of drug-likeness (QED) is 0.749. The SMILES string of the molecule is CCOC(=O)[C@@]1(C)[C@@H](CF)CCN1C(=O)OC(C)(C)C. The van der Waals surface area contributed by atoms with Crippen LogP contribution >= 0.6 is 0 Å². The lowest BCUT2D eigenvalue weighted by Gasteiger charge is -2.36. The van der Waals surface area contributed by atoms with Gasteiger partial charge in [0.1, 0.15) is 11.1 Å². The van der Waals surface area contributed by atoms with Crippen LogP contribution in [0.3, 0.4) is 0 Å². The van der Waals surface area contributed by atoms with Crippen molar-refractivity contribution in [3.05, 3.63) is 0 Å². The molecule has 6 heteroatoms. The van der Waals surface area contributed by atoms with E-state index in [-0.39, 0.29) is 6.61 Å². The summed E-state index contributed by atoms with van der Waals surface area (Å²) < 4.78 is 23.5. The number of hydrogen-bond acceptors (Lipinski definition) is 4. The zero-order valence-electron chi connectivity index (χ0n) is 12.9. The predicted molar refractivity (Wildman–Crippen MR) is 72.1 cm³/mol. The van der Waals surface area contributed by atoms with Crippen LogP contribution in [0.4, 0.5) is 9.18 Å². The molecule has 1 rings (SSSR count). The summed E-state index contributed by atoms with van der Waals surface area (Å²) in [5, 5.41) is 0. The molecule has 1 heterocycles. The lowest BCUT2D eigenvalue weighted by atomic mass is 9.87. The molecule has 5 nitrogen and oxygen atoms in total. The second kappa shape index (κ2) is 5.97. The van der Waals surface area contributed by atoms with Gasteiger partial charge in [0.25, 0.3) is 0 Å². The fourth-order valence-electron chi connectivity index (χ4n) is 2.40. The van der Waals surface area contributed by atoms with Crippen molar-refractivity contribution < 1.29 is 23.5 Å². The zero-order chi connectivity index (χ0) is 15.6. The molecule has 20 heavy (non-hydrogen) atoms. The van der Waals surface area contributed by atoms with Crippen molar-refractivity contribution >= 4 is 12.1 Å². The number of alkyl halides is 1. The largest absolute Gasteiger partial charge is 0.464 e. The van der Waals surface area contributed by atoms with Crippen molar-refractivity contribution in [3.63, 3.8) is 0 Å². The van der Waals surface area contributed by atoms with Crippen LogP contribution in [0.2, 0.25) is 0 Å². The Labute approximate surface area is 119 Å². The van der Waals surface area contributed by atoms with E-state index in [0.29, 0.717) is 13.0 Å². The standard InChI is InChI=1S/C14H24FNO4/c1-6-19-11(17)14(5)10(9-15)7-8-16(14)12(18)20-13(2,3)4/h10H,6-9H2,1-5H3/t10-,14-/m1/s1. The Hall–Kier alpha value is -1.33. The lowest BCUT2D eigenvalue weighted by Crippen LogP contribution is -2.56. The zero-order valence-corrected chi connectivity index (χ0v) is 12.9. The molecule has 0 bridgehead atoms. The van der Waals surface area contributed by atoms with Crippen molar-refractivity contribution in [1.82, 2.24) is 4.90 Å². The van der Waals surface area contributed by atoms with Gasteiger partial charge in [0.2, 0.25) is 0 Å². The Bertz CT molecular complexity index is 380. The van der Waals surface area contributed by atoms with Crippen LogP contribution in [0.1, 0.15) is 41.0 Å². The van der Waals surface area contributed by atoms with Crippen molar-refractivity contribution in [1.29, 1.82) is 0 Å². The van der Waals surface area contributed by atoms with Gasteiger partial charge >= 0.3 is 12.1 Å². The molecule has 2 atom stereocenters. The number of carbonyl (C=O) groups is 2. The van der Waals surface area contributed by atoms with Crippen LogP contribution in [0, 0.1) is 5.92 Å². The molecule has 0 unspecified atom stereocenters. The maximum atomic E-state index is 13.2. The van der Waals surface area contributed by atoms with Crippen LogP contribution in [-0.2, 0) is 14.3 Å². The fraction of sp³-hybridized carbons (Fsp3) is 0.857. The summed E-state index contributed by atoms with van der Waals surface area (Å²) in [7, 11) is 0. The Morgan fingerprint density at radius 1 is 1.40 bits per heavy atom. The van der Waals surface area contributed by atoms with E-state index < -0.39 is 35.8 Å². The molecular formula is C14H24FNO4. The topological polar surface area (TPSA) is 55.8 Å². The highest BCUT2D eigenvalue weighted by Gasteiger charge is 2.55. The van der Waals surface area contributed by atoms with Gasteiger partial charge in [-0.15, -0.1) is 0 Å². The highest BCUT2D eigenvalue weighted by atomic mass is 19.1. The molecule has 0 aromatic rings. The number of carbonyl (C=O) groups excluding carboxylic acids is 2. The van der Waals surface area contributed by atoms with Gasteiger partial charge in [0, 0.05) is 12.5 Å². The second-order valence-corrected chi connectivity index (χ2v) is 6.14. The average molecular weight is 289 g/mol. The molecule has 1 saturated heterocycles. The van der Waals surface area contributed by atoms with E-state index in [1.165, 1.54) is 4.90 Å². The van der Waals surface area contributed by atoms with Gasteiger partial charge in [0.05, 0.1) is 13.3 Å². The molecule has 0 aliphatic carbocycles. The summed E-state index contributed by atoms with van der Waals surface area (Å²) >= 11 is 0. The minimum Gasteiger partial charge on any atom is -0.464 e. The van der Waals surface area contributed by atoms with E-state index in [9.17, 15) is 14.0 Å². The Kier molecular flexibility index (Phi) is 5.00. The molecule has 0 spiro atoms. The van der Waals surface area contributed by atoms with Crippen LogP contribution in [0.5, 0.6) is 0 Å². The van der Waals surface area contributed by atoms with E-state index in [4.69, 9.17) is 9.47 Å². The van der Waals surface area contributed by atoms with Crippen molar-refractivity contribution in [3.8, 4) is 0 Å². The van der Waals surface area contributed by atoms with Crippen LogP contribution in [0.25, 0.3) is 0 Å². The molecule has 116 valence electrons. The van der Waals surface area contributed by atoms with E-state index in [2.05, 4.69) is 0 Å². The predicted octanol–water partition coefficient (Wildman–Crippen LogP) is 2.53. The first-order valence-corrected chi connectivity index (χ1v) is 6.90. The maximum absolute atomic E-state index is 13.2. The maximum Gasteiger partial charge on any atom is 0.411 e. The Morgan fingerprint density at radius 3 is 2.45 bits per heavy atom. The summed E-state index contributed by atoms with van der Waals surface area (Å²) in [6.45, 7) is 8.27. The minimum absolute atomic E-state index is 0.190. The number of hydrogen-bond donors (Lipinski definition) is 0. The third-order valence-electron chi connectivity index (χ3n) is 3.55. The smallest absolute Gasteiger partial charge is 0.411 e. The molecule has 0 saturated carbocycles. The number of rotatable bonds is 3. The van der Waals surface area contributed by atoms with E-state index >= 15 is 0 Å². The summed E-state index contributed by atoms with van der Waals surface area (Å²) in [6.07, 6.45) is -0.186. The van der Waals surface area contributed by atoms with E-state index in [0.717, 1.165) is 0 Å². The molecular weight excluding hydrogens is 265 g/mol. The van der Waals surface area contributed by atoms with Crippen molar-refractivity contribution in [2.24, 2.45) is 5.92 Å². The van der Waals surface area contributed by atoms with Gasteiger partial charge in [-0.3, -0.25) is 9.29 Å². The molecule has 0 radical (unpaired) electrons. The molecule has 1 aliphatic heterocycles. The molecule has 1 amide bonds. The summed E-state index contributed by atoms with van der Waals surface area (Å²) in [4.78, 5) is 25.7. The number of ether oxygens (including phenoxy) is 2. The first kappa shape index (κ1) is 16.7. The van der Waals surface area contributed by atoms with Gasteiger partial charge in [-0.1, -0.05) is 0 Å². The molecule has 0 N–H and O–H groups in total. The van der Waals surface area contributed by atoms with Crippen molar-refractivity contribution in [2.75, 3.05) is 19.8 Å². The molecule has 1 aliphatic rings. The van der Waals surface area contributed by atoms with Gasteiger partial charge in [-0.05, 0) is 41.0 Å². The highest BCUT2D eigenvalue weighted by molar-refractivity contribution is 5.86. The van der Waals surface area contributed by atoms with Crippen LogP contribution in [-0.4, -0.2) is 47.9 Å². The fourth-order valence-corrected chi connectivity index (χ4v) is 2.40. The first-order valence-electron chi connectivity index (χ1n) is 6.90. The third kappa shape index (κ3) is 3.22. The number of nitrogens with zero attached hydrogens (tertiary/aromatic N) is 1. The average Bonchev–Trinajstić information content (AvgIpc) is 2.65. The molecule has 0 aromatic heterocycles. The Balaban J connectivity index is 3.00. The number of esters is 1. The van der Waals surface area contributed by atoms with Gasteiger partial charge in [-0.2, -0.15) is 0 Å². The monoisotopic (exact) mass is 289 g/mol. The first-order chi connectivity index (χ1) is 9.16. The normalized spacial score (nSPS) is 26.5. The molecule has 0 aromatic carbocycles. The Morgan fingerprint density at radius 2 is 2.00 bits per heavy atom. The lowest BCUT2D eigenvalue weighted by molar-refractivity contribution is -0.157.